The molecule has 0 aliphatic heterocycles. The van der Waals surface area contributed by atoms with E-state index in [-0.39, 0.29) is 5.71 Å². The van der Waals surface area contributed by atoms with Gasteiger partial charge in [-0.1, -0.05) is 30.3 Å². The molecular weight excluding hydrogens is 354 g/mol. The summed E-state index contributed by atoms with van der Waals surface area (Å²) >= 11 is 4.12. The van der Waals surface area contributed by atoms with E-state index in [1.807, 2.05) is 26.2 Å². The van der Waals surface area contributed by atoms with Gasteiger partial charge in [0.25, 0.3) is 0 Å². The Kier molecular flexibility index (Phi) is 6.98. The zero-order valence-electron chi connectivity index (χ0n) is 15.5. The van der Waals surface area contributed by atoms with E-state index in [1.165, 1.54) is 11.8 Å². The molecule has 0 aromatic heterocycles. The average molecular weight is 380 g/mol. The zero-order chi connectivity index (χ0) is 20.0. The molecule has 27 heavy (non-hydrogen) atoms. The van der Waals surface area contributed by atoms with Gasteiger partial charge < -0.3 is 21.8 Å². The SMILES string of the molecule is CN(C)Cc1cccc(/C=C(\N)C(=N)c2cc(/C(C=N)=C/S)ccc2N)c1. The summed E-state index contributed by atoms with van der Waals surface area (Å²) in [5, 5.41) is 17.5. The highest BCUT2D eigenvalue weighted by Crippen LogP contribution is 2.22. The van der Waals surface area contributed by atoms with Crippen molar-refractivity contribution in [2.24, 2.45) is 5.73 Å². The third kappa shape index (κ3) is 5.32. The molecule has 0 radical (unpaired) electrons. The van der Waals surface area contributed by atoms with Crippen LogP contribution in [-0.2, 0) is 6.54 Å². The van der Waals surface area contributed by atoms with Crippen LogP contribution in [0, 0.1) is 10.8 Å². The van der Waals surface area contributed by atoms with Gasteiger partial charge in [0.15, 0.2) is 0 Å². The third-order valence-corrected chi connectivity index (χ3v) is 4.29. The minimum atomic E-state index is 0.149. The molecule has 0 saturated heterocycles. The Morgan fingerprint density at radius 1 is 1.19 bits per heavy atom. The van der Waals surface area contributed by atoms with Gasteiger partial charge in [0.2, 0.25) is 0 Å². The van der Waals surface area contributed by atoms with Crippen molar-refractivity contribution >= 4 is 41.9 Å². The highest BCUT2D eigenvalue weighted by molar-refractivity contribution is 7.83. The molecule has 0 aliphatic carbocycles. The van der Waals surface area contributed by atoms with Crippen molar-refractivity contribution in [1.29, 1.82) is 10.8 Å². The quantitative estimate of drug-likeness (QED) is 0.288. The van der Waals surface area contributed by atoms with Crippen LogP contribution >= 0.6 is 12.6 Å². The third-order valence-electron chi connectivity index (χ3n) is 4.01. The molecular formula is C21H25N5S. The topological polar surface area (TPSA) is 103 Å². The first kappa shape index (κ1) is 20.5. The summed E-state index contributed by atoms with van der Waals surface area (Å²) in [7, 11) is 4.04. The van der Waals surface area contributed by atoms with Crippen LogP contribution in [0.5, 0.6) is 0 Å². The Morgan fingerprint density at radius 2 is 1.93 bits per heavy atom. The van der Waals surface area contributed by atoms with Crippen LogP contribution in [0.4, 0.5) is 5.69 Å². The Bertz CT molecular complexity index is 913. The van der Waals surface area contributed by atoms with Crippen molar-refractivity contribution < 1.29 is 0 Å². The molecule has 0 atom stereocenters. The number of allylic oxidation sites excluding steroid dienone is 2. The molecule has 0 saturated carbocycles. The number of hydrogen-bond acceptors (Lipinski definition) is 6. The predicted octanol–water partition coefficient (Wildman–Crippen LogP) is 3.62. The van der Waals surface area contributed by atoms with E-state index in [0.29, 0.717) is 22.5 Å². The lowest BCUT2D eigenvalue weighted by Gasteiger charge is -2.12. The zero-order valence-corrected chi connectivity index (χ0v) is 16.4. The van der Waals surface area contributed by atoms with E-state index in [1.54, 1.807) is 29.7 Å². The number of nitrogens with one attached hydrogen (secondary N) is 2. The number of benzene rings is 2. The van der Waals surface area contributed by atoms with Crippen molar-refractivity contribution in [3.05, 3.63) is 75.8 Å². The van der Waals surface area contributed by atoms with Crippen molar-refractivity contribution in [2.75, 3.05) is 19.8 Å². The lowest BCUT2D eigenvalue weighted by molar-refractivity contribution is 0.402. The first-order valence-corrected chi connectivity index (χ1v) is 8.92. The molecule has 2 aromatic rings. The molecule has 0 heterocycles. The standard InChI is InChI=1S/C21H25N5S/c1-26(2)12-15-5-3-4-14(8-15)9-20(24)21(25)18-10-16(6-7-19(18)23)17(11-22)13-27/h3-11,13,22,25,27H,12,23-24H2,1-2H3/b17-13+,20-9-,22-11?,25-21?. The highest BCUT2D eigenvalue weighted by Gasteiger charge is 2.11. The first-order chi connectivity index (χ1) is 12.8. The number of nitrogens with zero attached hydrogens (tertiary/aromatic N) is 1. The molecule has 0 unspecified atom stereocenters. The van der Waals surface area contributed by atoms with E-state index in [4.69, 9.17) is 22.3 Å². The minimum absolute atomic E-state index is 0.149. The summed E-state index contributed by atoms with van der Waals surface area (Å²) in [6.07, 6.45) is 2.99. The number of nitrogens with two attached hydrogens (primary N) is 2. The summed E-state index contributed by atoms with van der Waals surface area (Å²) in [6, 6.07) is 13.3. The van der Waals surface area contributed by atoms with Crippen LogP contribution in [0.25, 0.3) is 11.6 Å². The fourth-order valence-corrected chi connectivity index (χ4v) is 2.92. The van der Waals surface area contributed by atoms with Crippen LogP contribution < -0.4 is 11.5 Å². The Balaban J connectivity index is 2.36. The number of thiol groups is 1. The maximum absolute atomic E-state index is 8.47. The summed E-state index contributed by atoms with van der Waals surface area (Å²) in [6.45, 7) is 0.830. The lowest BCUT2D eigenvalue weighted by atomic mass is 9.98. The molecule has 0 spiro atoms. The van der Waals surface area contributed by atoms with E-state index in [2.05, 4.69) is 29.7 Å². The number of rotatable bonds is 7. The molecule has 2 rings (SSSR count). The van der Waals surface area contributed by atoms with E-state index < -0.39 is 0 Å². The second-order valence-corrected chi connectivity index (χ2v) is 6.75. The normalized spacial score (nSPS) is 12.3. The molecule has 140 valence electrons. The summed E-state index contributed by atoms with van der Waals surface area (Å²) in [4.78, 5) is 2.09. The second kappa shape index (κ2) is 9.21. The molecule has 0 aliphatic rings. The Hall–Kier alpha value is -2.83. The van der Waals surface area contributed by atoms with Gasteiger partial charge in [-0.25, -0.2) is 0 Å². The van der Waals surface area contributed by atoms with Gasteiger partial charge in [0, 0.05) is 29.6 Å². The first-order valence-electron chi connectivity index (χ1n) is 8.40. The van der Waals surface area contributed by atoms with E-state index in [9.17, 15) is 0 Å². The monoisotopic (exact) mass is 379 g/mol. The van der Waals surface area contributed by atoms with E-state index in [0.717, 1.165) is 17.7 Å². The molecule has 5 nitrogen and oxygen atoms in total. The van der Waals surface area contributed by atoms with Crippen molar-refractivity contribution in [2.45, 2.75) is 6.54 Å². The van der Waals surface area contributed by atoms with Gasteiger partial charge in [0.1, 0.15) is 0 Å². The molecule has 2 aromatic carbocycles. The molecule has 0 amide bonds. The van der Waals surface area contributed by atoms with Crippen LogP contribution in [0.15, 0.2) is 53.6 Å². The van der Waals surface area contributed by atoms with Crippen molar-refractivity contribution in [3.63, 3.8) is 0 Å². The van der Waals surface area contributed by atoms with Crippen LogP contribution in [0.2, 0.25) is 0 Å². The maximum atomic E-state index is 8.47. The Morgan fingerprint density at radius 3 is 2.56 bits per heavy atom. The van der Waals surface area contributed by atoms with Crippen LogP contribution in [-0.4, -0.2) is 30.9 Å². The van der Waals surface area contributed by atoms with Gasteiger partial charge in [-0.2, -0.15) is 12.6 Å². The summed E-state index contributed by atoms with van der Waals surface area (Å²) < 4.78 is 0. The number of hydrogen-bond donors (Lipinski definition) is 5. The van der Waals surface area contributed by atoms with Gasteiger partial charge in [-0.3, -0.25) is 5.41 Å². The van der Waals surface area contributed by atoms with E-state index >= 15 is 0 Å². The van der Waals surface area contributed by atoms with Gasteiger partial charge in [0.05, 0.1) is 11.4 Å². The fraction of sp³-hybridized carbons (Fsp3) is 0.143. The molecule has 0 bridgehead atoms. The predicted molar refractivity (Wildman–Crippen MR) is 119 cm³/mol. The van der Waals surface area contributed by atoms with Gasteiger partial charge >= 0.3 is 0 Å². The molecule has 6 heteroatoms. The van der Waals surface area contributed by atoms with Crippen LogP contribution in [0.3, 0.4) is 0 Å². The fourth-order valence-electron chi connectivity index (χ4n) is 2.70. The van der Waals surface area contributed by atoms with Crippen molar-refractivity contribution in [3.8, 4) is 0 Å². The largest absolute Gasteiger partial charge is 0.398 e. The summed E-state index contributed by atoms with van der Waals surface area (Å²) in [5.41, 5.74) is 17.2. The number of nitrogen functional groups attached to an aromatic ring is 1. The van der Waals surface area contributed by atoms with Crippen molar-refractivity contribution in [1.82, 2.24) is 4.90 Å². The maximum Gasteiger partial charge on any atom is 0.0862 e. The highest BCUT2D eigenvalue weighted by atomic mass is 32.1. The Labute approximate surface area is 165 Å². The van der Waals surface area contributed by atoms with Crippen LogP contribution in [0.1, 0.15) is 22.3 Å². The number of anilines is 1. The summed E-state index contributed by atoms with van der Waals surface area (Å²) in [5.74, 6) is 0. The average Bonchev–Trinajstić information content (AvgIpc) is 2.63. The smallest absolute Gasteiger partial charge is 0.0862 e. The lowest BCUT2D eigenvalue weighted by Crippen LogP contribution is -2.14. The van der Waals surface area contributed by atoms with Gasteiger partial charge in [-0.05, 0) is 54.4 Å². The molecule has 0 fully saturated rings. The minimum Gasteiger partial charge on any atom is -0.398 e. The molecule has 6 N–H and O–H groups in total. The van der Waals surface area contributed by atoms with Gasteiger partial charge in [-0.15, -0.1) is 0 Å². The second-order valence-electron chi connectivity index (χ2n) is 6.49.